The average Bonchev–Trinajstić information content (AvgIpc) is 3.38. The first kappa shape index (κ1) is 30.5. The van der Waals surface area contributed by atoms with Gasteiger partial charge in [0.2, 0.25) is 0 Å². The van der Waals surface area contributed by atoms with E-state index in [2.05, 4.69) is 26.8 Å². The molecule has 2 heterocycles. The van der Waals surface area contributed by atoms with E-state index in [0.717, 1.165) is 95.4 Å². The highest BCUT2D eigenvalue weighted by Gasteiger charge is 2.54. The summed E-state index contributed by atoms with van der Waals surface area (Å²) in [6, 6.07) is 0. The van der Waals surface area contributed by atoms with E-state index >= 15 is 0 Å². The van der Waals surface area contributed by atoms with Crippen molar-refractivity contribution < 1.29 is 24.1 Å². The number of carbonyl (C=O) groups is 1. The van der Waals surface area contributed by atoms with Gasteiger partial charge in [-0.1, -0.05) is 16.8 Å². The van der Waals surface area contributed by atoms with E-state index in [1.807, 2.05) is 0 Å². The first-order chi connectivity index (χ1) is 19.6. The zero-order valence-corrected chi connectivity index (χ0v) is 23.8. The number of rotatable bonds is 14. The zero-order chi connectivity index (χ0) is 28.2. The van der Waals surface area contributed by atoms with Gasteiger partial charge in [-0.25, -0.2) is 4.99 Å². The molecule has 0 unspecified atom stereocenters. The van der Waals surface area contributed by atoms with Crippen LogP contribution in [0.15, 0.2) is 33.9 Å². The second-order valence-electron chi connectivity index (χ2n) is 11.2. The molecule has 1 saturated heterocycles. The van der Waals surface area contributed by atoms with Crippen LogP contribution in [-0.4, -0.2) is 98.7 Å². The van der Waals surface area contributed by atoms with Crippen molar-refractivity contribution >= 4 is 11.8 Å². The summed E-state index contributed by atoms with van der Waals surface area (Å²) in [4.78, 5) is 24.5. The number of ether oxygens (including phenoxy) is 3. The number of amides is 1. The quantitative estimate of drug-likeness (QED) is 0.110. The normalized spacial score (nSPS) is 29.3. The predicted molar refractivity (Wildman–Crippen MR) is 153 cm³/mol. The van der Waals surface area contributed by atoms with Crippen LogP contribution in [0.4, 0.5) is 0 Å². The third-order valence-electron chi connectivity index (χ3n) is 8.60. The number of morpholine rings is 1. The maximum absolute atomic E-state index is 14.1. The van der Waals surface area contributed by atoms with Crippen molar-refractivity contribution in [1.29, 1.82) is 0 Å². The van der Waals surface area contributed by atoms with E-state index in [4.69, 9.17) is 29.8 Å². The van der Waals surface area contributed by atoms with Crippen LogP contribution in [0.1, 0.15) is 64.2 Å². The number of nitrogens with one attached hydrogen (secondary N) is 1. The molecule has 2 N–H and O–H groups in total. The Morgan fingerprint density at radius 3 is 2.77 bits per heavy atom. The molecule has 40 heavy (non-hydrogen) atoms. The summed E-state index contributed by atoms with van der Waals surface area (Å²) >= 11 is 0. The molecule has 2 aliphatic carbocycles. The molecule has 0 spiro atoms. The minimum atomic E-state index is -1.13. The number of hydrogen-bond acceptors (Lipinski definition) is 8. The van der Waals surface area contributed by atoms with Crippen LogP contribution < -0.4 is 5.32 Å². The first-order valence-corrected chi connectivity index (χ1v) is 15.0. The molecule has 0 bridgehead atoms. The summed E-state index contributed by atoms with van der Waals surface area (Å²) in [6.45, 7) is 9.44. The molecule has 2 fully saturated rings. The molecular formula is C29H46N6O5. The number of aliphatic hydroxyl groups excluding tert-OH is 1. The topological polar surface area (TPSA) is 141 Å². The molecule has 4 aliphatic rings. The Kier molecular flexibility index (Phi) is 11.9. The lowest BCUT2D eigenvalue weighted by molar-refractivity contribution is -0.128. The van der Waals surface area contributed by atoms with E-state index in [9.17, 15) is 4.79 Å². The third-order valence-corrected chi connectivity index (χ3v) is 8.60. The Labute approximate surface area is 237 Å². The Balaban J connectivity index is 1.55. The number of aliphatic hydroxyl groups is 1. The molecule has 1 amide bonds. The lowest BCUT2D eigenvalue weighted by atomic mass is 9.78. The molecule has 4 rings (SSSR count). The smallest absolute Gasteiger partial charge is 0.252 e. The Morgan fingerprint density at radius 2 is 2.05 bits per heavy atom. The highest BCUT2D eigenvalue weighted by Crippen LogP contribution is 2.43. The summed E-state index contributed by atoms with van der Waals surface area (Å²) in [6.07, 6.45) is 9.64. The largest absolute Gasteiger partial charge is 0.470 e. The monoisotopic (exact) mass is 558 g/mol. The molecule has 0 aromatic rings. The molecule has 2 atom stereocenters. The van der Waals surface area contributed by atoms with Crippen LogP contribution in [0.2, 0.25) is 0 Å². The summed E-state index contributed by atoms with van der Waals surface area (Å²) in [7, 11) is 0. The van der Waals surface area contributed by atoms with Crippen molar-refractivity contribution in [3.05, 3.63) is 34.2 Å². The molecule has 0 aromatic carbocycles. The van der Waals surface area contributed by atoms with Gasteiger partial charge in [-0.05, 0) is 68.9 Å². The maximum atomic E-state index is 14.1. The van der Waals surface area contributed by atoms with Gasteiger partial charge >= 0.3 is 0 Å². The van der Waals surface area contributed by atoms with E-state index < -0.39 is 11.6 Å². The van der Waals surface area contributed by atoms with Gasteiger partial charge in [0.1, 0.15) is 0 Å². The molecular weight excluding hydrogens is 512 g/mol. The minimum absolute atomic E-state index is 0.123. The number of azide groups is 1. The summed E-state index contributed by atoms with van der Waals surface area (Å²) in [5, 5.41) is 16.1. The SMILES string of the molecule is C=CC[C@]1(C(=O)NCCN2CCOCC2)N=C(C2CCC(OCCCO)CC2)O[C@H]1C1=C(CN=[N+]=[N-])CCCC1. The van der Waals surface area contributed by atoms with Crippen LogP contribution in [0.3, 0.4) is 0 Å². The lowest BCUT2D eigenvalue weighted by Gasteiger charge is -2.34. The number of carbonyl (C=O) groups excluding carboxylic acids is 1. The van der Waals surface area contributed by atoms with Crippen molar-refractivity contribution in [3.63, 3.8) is 0 Å². The van der Waals surface area contributed by atoms with Gasteiger partial charge in [0.15, 0.2) is 17.5 Å². The standard InChI is InChI=1S/C29H46N6O5/c1-2-12-29(28(37)31-13-14-35-15-19-38-20-16-35)26(25-7-4-3-6-23(25)21-32-34-30)40-27(33-29)22-8-10-24(11-9-22)39-18-5-17-36/h2,22,24,26,36H,1,3-21H2,(H,31,37)/t22?,24?,26-,29-/m0/s1. The van der Waals surface area contributed by atoms with Crippen LogP contribution in [0.25, 0.3) is 10.4 Å². The number of aliphatic imine (C=N–C) groups is 1. The Bertz CT molecular complexity index is 966. The van der Waals surface area contributed by atoms with E-state index in [-0.39, 0.29) is 24.5 Å². The minimum Gasteiger partial charge on any atom is -0.470 e. The lowest BCUT2D eigenvalue weighted by Crippen LogP contribution is -2.54. The molecule has 11 heteroatoms. The zero-order valence-electron chi connectivity index (χ0n) is 23.8. The third kappa shape index (κ3) is 7.64. The summed E-state index contributed by atoms with van der Waals surface area (Å²) < 4.78 is 18.1. The molecule has 1 saturated carbocycles. The average molecular weight is 559 g/mol. The molecule has 2 aliphatic heterocycles. The van der Waals surface area contributed by atoms with Gasteiger partial charge in [0.25, 0.3) is 5.91 Å². The van der Waals surface area contributed by atoms with E-state index in [0.29, 0.717) is 38.4 Å². The van der Waals surface area contributed by atoms with Crippen molar-refractivity contribution in [2.75, 3.05) is 59.2 Å². The van der Waals surface area contributed by atoms with Gasteiger partial charge in [-0.2, -0.15) is 0 Å². The van der Waals surface area contributed by atoms with Crippen LogP contribution in [0.5, 0.6) is 0 Å². The Hall–Kier alpha value is -2.43. The van der Waals surface area contributed by atoms with Gasteiger partial charge in [0, 0.05) is 63.2 Å². The molecule has 0 aromatic heterocycles. The van der Waals surface area contributed by atoms with E-state index in [1.165, 1.54) is 0 Å². The van der Waals surface area contributed by atoms with Crippen molar-refractivity contribution in [2.45, 2.75) is 82.0 Å². The summed E-state index contributed by atoms with van der Waals surface area (Å²) in [5.74, 6) is 0.644. The molecule has 11 nitrogen and oxygen atoms in total. The van der Waals surface area contributed by atoms with Crippen LogP contribution >= 0.6 is 0 Å². The first-order valence-electron chi connectivity index (χ1n) is 15.0. The number of hydrogen-bond donors (Lipinski definition) is 2. The van der Waals surface area contributed by atoms with Gasteiger partial charge in [0.05, 0.1) is 19.3 Å². The molecule has 222 valence electrons. The Morgan fingerprint density at radius 1 is 1.27 bits per heavy atom. The second-order valence-corrected chi connectivity index (χ2v) is 11.2. The fraction of sp³-hybridized carbons (Fsp3) is 0.793. The number of nitrogens with zero attached hydrogens (tertiary/aromatic N) is 5. The van der Waals surface area contributed by atoms with Crippen molar-refractivity contribution in [3.8, 4) is 0 Å². The van der Waals surface area contributed by atoms with Gasteiger partial charge < -0.3 is 24.6 Å². The fourth-order valence-corrected chi connectivity index (χ4v) is 6.38. The van der Waals surface area contributed by atoms with Crippen molar-refractivity contribution in [2.24, 2.45) is 16.0 Å². The van der Waals surface area contributed by atoms with Crippen LogP contribution in [-0.2, 0) is 19.0 Å². The molecule has 0 radical (unpaired) electrons. The highest BCUT2D eigenvalue weighted by molar-refractivity contribution is 5.95. The van der Waals surface area contributed by atoms with Gasteiger partial charge in [-0.15, -0.1) is 6.58 Å². The van der Waals surface area contributed by atoms with Gasteiger partial charge in [-0.3, -0.25) is 9.69 Å². The maximum Gasteiger partial charge on any atom is 0.252 e. The fourth-order valence-electron chi connectivity index (χ4n) is 6.38. The summed E-state index contributed by atoms with van der Waals surface area (Å²) in [5.41, 5.74) is 10.00. The van der Waals surface area contributed by atoms with Crippen LogP contribution in [0, 0.1) is 5.92 Å². The second kappa shape index (κ2) is 15.5. The van der Waals surface area contributed by atoms with E-state index in [1.54, 1.807) is 6.08 Å². The van der Waals surface area contributed by atoms with Crippen molar-refractivity contribution in [1.82, 2.24) is 10.2 Å². The highest BCUT2D eigenvalue weighted by atomic mass is 16.5. The predicted octanol–water partition coefficient (Wildman–Crippen LogP) is 3.69.